The van der Waals surface area contributed by atoms with Crippen molar-refractivity contribution in [2.75, 3.05) is 0 Å². The van der Waals surface area contributed by atoms with Gasteiger partial charge in [-0.25, -0.2) is 0 Å². The van der Waals surface area contributed by atoms with Crippen LogP contribution in [0.5, 0.6) is 5.75 Å². The van der Waals surface area contributed by atoms with Crippen molar-refractivity contribution < 1.29 is 17.4 Å². The van der Waals surface area contributed by atoms with Crippen LogP contribution < -0.4 is 4.18 Å². The molecule has 0 saturated heterocycles. The summed E-state index contributed by atoms with van der Waals surface area (Å²) in [6.45, 7) is 1.87. The van der Waals surface area contributed by atoms with Crippen LogP contribution in [0.4, 0.5) is 0 Å². The molecule has 0 aliphatic carbocycles. The standard InChI is InChI=1S/C20H16O4S/c1-15-7-13-19(14-8-15)25(22,23)24-18-11-9-17(10-12-18)20(21)16-5-3-2-4-6-16/h2-14H,1H3. The normalized spacial score (nSPS) is 11.1. The van der Waals surface area contributed by atoms with E-state index < -0.39 is 10.1 Å². The molecule has 0 unspecified atom stereocenters. The average molecular weight is 352 g/mol. The van der Waals surface area contributed by atoms with Gasteiger partial charge in [-0.3, -0.25) is 4.79 Å². The maximum Gasteiger partial charge on any atom is 0.339 e. The highest BCUT2D eigenvalue weighted by molar-refractivity contribution is 7.87. The minimum absolute atomic E-state index is 0.0857. The molecule has 0 atom stereocenters. The van der Waals surface area contributed by atoms with Crippen molar-refractivity contribution in [3.05, 3.63) is 95.6 Å². The highest BCUT2D eigenvalue weighted by atomic mass is 32.2. The average Bonchev–Trinajstić information content (AvgIpc) is 2.62. The number of hydrogen-bond donors (Lipinski definition) is 0. The molecule has 0 aliphatic rings. The molecule has 3 aromatic rings. The number of rotatable bonds is 5. The van der Waals surface area contributed by atoms with E-state index in [0.29, 0.717) is 11.1 Å². The van der Waals surface area contributed by atoms with Crippen LogP contribution in [0.15, 0.2) is 83.8 Å². The van der Waals surface area contributed by atoms with Crippen LogP contribution in [0.25, 0.3) is 0 Å². The maximum absolute atomic E-state index is 12.3. The lowest BCUT2D eigenvalue weighted by molar-refractivity contribution is 0.103. The molecule has 0 aliphatic heterocycles. The zero-order chi connectivity index (χ0) is 17.9. The lowest BCUT2D eigenvalue weighted by Gasteiger charge is -2.08. The van der Waals surface area contributed by atoms with Gasteiger partial charge < -0.3 is 4.18 Å². The highest BCUT2D eigenvalue weighted by Gasteiger charge is 2.17. The molecule has 126 valence electrons. The summed E-state index contributed by atoms with van der Waals surface area (Å²) in [5, 5.41) is 0. The number of aryl methyl sites for hydroxylation is 1. The topological polar surface area (TPSA) is 60.4 Å². The van der Waals surface area contributed by atoms with E-state index in [-0.39, 0.29) is 16.4 Å². The molecule has 25 heavy (non-hydrogen) atoms. The van der Waals surface area contributed by atoms with Crippen LogP contribution in [0.3, 0.4) is 0 Å². The van der Waals surface area contributed by atoms with Gasteiger partial charge in [-0.05, 0) is 43.3 Å². The van der Waals surface area contributed by atoms with E-state index in [1.165, 1.54) is 24.3 Å². The van der Waals surface area contributed by atoms with Crippen LogP contribution in [0.1, 0.15) is 21.5 Å². The second-order valence-corrected chi connectivity index (χ2v) is 7.12. The van der Waals surface area contributed by atoms with Crippen molar-refractivity contribution in [3.8, 4) is 5.75 Å². The third-order valence-corrected chi connectivity index (χ3v) is 4.93. The van der Waals surface area contributed by atoms with Gasteiger partial charge in [0.25, 0.3) is 0 Å². The highest BCUT2D eigenvalue weighted by Crippen LogP contribution is 2.20. The molecule has 3 aromatic carbocycles. The van der Waals surface area contributed by atoms with Crippen molar-refractivity contribution in [2.24, 2.45) is 0 Å². The van der Waals surface area contributed by atoms with E-state index in [9.17, 15) is 13.2 Å². The molecule has 3 rings (SSSR count). The second-order valence-electron chi connectivity index (χ2n) is 5.57. The summed E-state index contributed by atoms with van der Waals surface area (Å²) >= 11 is 0. The number of carbonyl (C=O) groups excluding carboxylic acids is 1. The Morgan fingerprint density at radius 2 is 1.32 bits per heavy atom. The maximum atomic E-state index is 12.3. The van der Waals surface area contributed by atoms with Crippen molar-refractivity contribution in [1.82, 2.24) is 0 Å². The van der Waals surface area contributed by atoms with Gasteiger partial charge in [-0.15, -0.1) is 0 Å². The first-order chi connectivity index (χ1) is 12.0. The van der Waals surface area contributed by atoms with E-state index in [2.05, 4.69) is 0 Å². The molecule has 0 heterocycles. The molecule has 0 N–H and O–H groups in total. The Kier molecular flexibility index (Phi) is 4.67. The Labute approximate surface area is 146 Å². The summed E-state index contributed by atoms with van der Waals surface area (Å²) in [5.41, 5.74) is 2.00. The fourth-order valence-electron chi connectivity index (χ4n) is 2.30. The number of ketones is 1. The number of carbonyl (C=O) groups is 1. The van der Waals surface area contributed by atoms with Crippen LogP contribution in [-0.2, 0) is 10.1 Å². The zero-order valence-corrected chi connectivity index (χ0v) is 14.4. The third-order valence-electron chi connectivity index (χ3n) is 3.67. The van der Waals surface area contributed by atoms with Crippen LogP contribution in [0.2, 0.25) is 0 Å². The lowest BCUT2D eigenvalue weighted by atomic mass is 10.0. The van der Waals surface area contributed by atoms with Gasteiger partial charge in [0.2, 0.25) is 0 Å². The largest absolute Gasteiger partial charge is 0.379 e. The van der Waals surface area contributed by atoms with E-state index in [0.717, 1.165) is 5.56 Å². The Balaban J connectivity index is 1.79. The Morgan fingerprint density at radius 1 is 0.760 bits per heavy atom. The van der Waals surface area contributed by atoms with Gasteiger partial charge in [-0.1, -0.05) is 48.0 Å². The van der Waals surface area contributed by atoms with Crippen molar-refractivity contribution in [3.63, 3.8) is 0 Å². The lowest BCUT2D eigenvalue weighted by Crippen LogP contribution is -2.10. The third kappa shape index (κ3) is 3.95. The molecule has 4 nitrogen and oxygen atoms in total. The second kappa shape index (κ2) is 6.91. The molecule has 0 saturated carbocycles. The Morgan fingerprint density at radius 3 is 1.92 bits per heavy atom. The quantitative estimate of drug-likeness (QED) is 0.514. The minimum atomic E-state index is -3.90. The fourth-order valence-corrected chi connectivity index (χ4v) is 3.23. The van der Waals surface area contributed by atoms with E-state index >= 15 is 0 Å². The predicted octanol–water partition coefficient (Wildman–Crippen LogP) is 3.99. The molecule has 0 aromatic heterocycles. The van der Waals surface area contributed by atoms with Gasteiger partial charge in [0, 0.05) is 11.1 Å². The Bertz CT molecular complexity index is 974. The number of hydrogen-bond acceptors (Lipinski definition) is 4. The summed E-state index contributed by atoms with van der Waals surface area (Å²) in [6.07, 6.45) is 0. The summed E-state index contributed by atoms with van der Waals surface area (Å²) in [6, 6.07) is 21.3. The first-order valence-electron chi connectivity index (χ1n) is 7.67. The van der Waals surface area contributed by atoms with Gasteiger partial charge in [0.05, 0.1) is 0 Å². The van der Waals surface area contributed by atoms with Crippen LogP contribution in [-0.4, -0.2) is 14.2 Å². The molecule has 0 amide bonds. The van der Waals surface area contributed by atoms with Crippen molar-refractivity contribution in [1.29, 1.82) is 0 Å². The zero-order valence-electron chi connectivity index (χ0n) is 13.5. The summed E-state index contributed by atoms with van der Waals surface area (Å²) in [5.74, 6) is 0.0266. The molecule has 5 heteroatoms. The predicted molar refractivity (Wildman–Crippen MR) is 95.3 cm³/mol. The molecule has 0 bridgehead atoms. The Hall–Kier alpha value is -2.92. The van der Waals surface area contributed by atoms with Crippen molar-refractivity contribution >= 4 is 15.9 Å². The van der Waals surface area contributed by atoms with Gasteiger partial charge in [0.1, 0.15) is 10.6 Å². The number of benzene rings is 3. The van der Waals surface area contributed by atoms with Crippen LogP contribution >= 0.6 is 0 Å². The summed E-state index contributed by atoms with van der Waals surface area (Å²) in [7, 11) is -3.90. The molecule has 0 spiro atoms. The van der Waals surface area contributed by atoms with E-state index in [4.69, 9.17) is 4.18 Å². The van der Waals surface area contributed by atoms with Crippen molar-refractivity contribution in [2.45, 2.75) is 11.8 Å². The SMILES string of the molecule is Cc1ccc(S(=O)(=O)Oc2ccc(C(=O)c3ccccc3)cc2)cc1. The molecular formula is C20H16O4S. The van der Waals surface area contributed by atoms with E-state index in [1.807, 2.05) is 13.0 Å². The molecular weight excluding hydrogens is 336 g/mol. The summed E-state index contributed by atoms with van der Waals surface area (Å²) in [4.78, 5) is 12.4. The summed E-state index contributed by atoms with van der Waals surface area (Å²) < 4.78 is 29.7. The smallest absolute Gasteiger partial charge is 0.339 e. The first-order valence-corrected chi connectivity index (χ1v) is 9.07. The van der Waals surface area contributed by atoms with Gasteiger partial charge >= 0.3 is 10.1 Å². The fraction of sp³-hybridized carbons (Fsp3) is 0.0500. The molecule has 0 fully saturated rings. The van der Waals surface area contributed by atoms with Gasteiger partial charge in [0.15, 0.2) is 5.78 Å². The van der Waals surface area contributed by atoms with Gasteiger partial charge in [-0.2, -0.15) is 8.42 Å². The first kappa shape index (κ1) is 16.9. The molecule has 0 radical (unpaired) electrons. The monoisotopic (exact) mass is 352 g/mol. The minimum Gasteiger partial charge on any atom is -0.379 e. The van der Waals surface area contributed by atoms with E-state index in [1.54, 1.807) is 48.5 Å². The van der Waals surface area contributed by atoms with Crippen LogP contribution in [0, 0.1) is 6.92 Å².